The van der Waals surface area contributed by atoms with Crippen LogP contribution in [-0.2, 0) is 0 Å². The molecule has 1 aromatic carbocycles. The summed E-state index contributed by atoms with van der Waals surface area (Å²) in [5, 5.41) is 0. The molecule has 0 spiro atoms. The summed E-state index contributed by atoms with van der Waals surface area (Å²) in [6.45, 7) is 1.96. The molecule has 0 unspecified atom stereocenters. The van der Waals surface area contributed by atoms with Crippen molar-refractivity contribution in [3.05, 3.63) is 12.1 Å². The summed E-state index contributed by atoms with van der Waals surface area (Å²) in [5.74, 6) is 0. The minimum absolute atomic E-state index is 0.714. The van der Waals surface area contributed by atoms with Gasteiger partial charge in [0.25, 0.3) is 0 Å². The number of thiol groups is 1. The van der Waals surface area contributed by atoms with Gasteiger partial charge in [-0.1, -0.05) is 0 Å². The number of fused-ring (bicyclic) bond motifs is 1. The lowest BCUT2D eigenvalue weighted by atomic mass is 9.68. The highest BCUT2D eigenvalue weighted by Gasteiger charge is 2.15. The fraction of sp³-hybridized carbons (Fsp3) is 0.125. The third-order valence-corrected chi connectivity index (χ3v) is 2.18. The first-order chi connectivity index (χ1) is 5.66. The molecule has 2 rings (SSSR count). The van der Waals surface area contributed by atoms with Crippen molar-refractivity contribution < 1.29 is 0 Å². The van der Waals surface area contributed by atoms with Gasteiger partial charge >= 0.3 is 0 Å². The Kier molecular flexibility index (Phi) is 1.65. The molecule has 0 aliphatic carbocycles. The third-order valence-electron chi connectivity index (χ3n) is 1.81. The number of rotatable bonds is 0. The van der Waals surface area contributed by atoms with Gasteiger partial charge in [-0.2, -0.15) is 0 Å². The van der Waals surface area contributed by atoms with Crippen LogP contribution in [0.2, 0.25) is 0 Å². The maximum Gasteiger partial charge on any atom is 0.215 e. The van der Waals surface area contributed by atoms with Gasteiger partial charge in [0.05, 0.1) is 5.69 Å². The summed E-state index contributed by atoms with van der Waals surface area (Å²) in [6, 6.07) is 3.70. The van der Waals surface area contributed by atoms with Gasteiger partial charge in [-0.05, 0) is 30.1 Å². The van der Waals surface area contributed by atoms with Gasteiger partial charge < -0.3 is 5.73 Å². The van der Waals surface area contributed by atoms with E-state index >= 15 is 0 Å². The van der Waals surface area contributed by atoms with Gasteiger partial charge in [0.2, 0.25) is 7.28 Å². The molecule has 1 radical (unpaired) electrons. The summed E-state index contributed by atoms with van der Waals surface area (Å²) in [6.07, 6.45) is 0. The number of hydrogen-bond acceptors (Lipinski definition) is 3. The normalized spacial score (nSPS) is 13.7. The smallest absolute Gasteiger partial charge is 0.215 e. The van der Waals surface area contributed by atoms with Crippen molar-refractivity contribution in [1.82, 2.24) is 0 Å². The first-order valence-corrected chi connectivity index (χ1v) is 4.14. The van der Waals surface area contributed by atoms with E-state index in [0.29, 0.717) is 5.69 Å². The molecule has 0 bridgehead atoms. The van der Waals surface area contributed by atoms with Crippen molar-refractivity contribution in [3.63, 3.8) is 0 Å². The number of aliphatic imine (C=N–C) groups is 1. The van der Waals surface area contributed by atoms with Crippen molar-refractivity contribution in [1.29, 1.82) is 0 Å². The van der Waals surface area contributed by atoms with Crippen LogP contribution in [0.15, 0.2) is 22.0 Å². The number of nitrogens with zero attached hydrogens (tertiary/aromatic N) is 1. The second-order valence-corrected chi connectivity index (χ2v) is 3.35. The van der Waals surface area contributed by atoms with Gasteiger partial charge in [-0.25, -0.2) is 0 Å². The molecule has 1 aliphatic heterocycles. The number of nitrogen functional groups attached to an aromatic ring is 1. The van der Waals surface area contributed by atoms with E-state index in [1.54, 1.807) is 0 Å². The van der Waals surface area contributed by atoms with Crippen molar-refractivity contribution in [2.45, 2.75) is 11.8 Å². The molecule has 2 nitrogen and oxygen atoms in total. The fourth-order valence-corrected chi connectivity index (χ4v) is 1.64. The molecule has 0 aromatic heterocycles. The Balaban J connectivity index is 2.61. The molecule has 0 atom stereocenters. The number of nitrogens with two attached hydrogens (primary N) is 1. The highest BCUT2D eigenvalue weighted by atomic mass is 32.1. The molecule has 0 fully saturated rings. The van der Waals surface area contributed by atoms with Gasteiger partial charge in [-0.3, -0.25) is 4.99 Å². The van der Waals surface area contributed by atoms with E-state index in [0.717, 1.165) is 21.7 Å². The SMILES string of the molecule is CC1=Nc2cc(N)cc(S)c2[B]1. The van der Waals surface area contributed by atoms with Crippen molar-refractivity contribution in [2.24, 2.45) is 4.99 Å². The predicted octanol–water partition coefficient (Wildman–Crippen LogP) is 0.950. The van der Waals surface area contributed by atoms with Gasteiger partial charge in [0.15, 0.2) is 0 Å². The Hall–Kier alpha value is -0.895. The second-order valence-electron chi connectivity index (χ2n) is 2.87. The van der Waals surface area contributed by atoms with Gasteiger partial charge in [-0.15, -0.1) is 12.6 Å². The molecule has 0 amide bonds. The Bertz CT molecular complexity index is 374. The van der Waals surface area contributed by atoms with Crippen LogP contribution in [0.25, 0.3) is 0 Å². The van der Waals surface area contributed by atoms with Gasteiger partial charge in [0, 0.05) is 10.6 Å². The minimum atomic E-state index is 0.714. The lowest BCUT2D eigenvalue weighted by Crippen LogP contribution is -2.17. The van der Waals surface area contributed by atoms with Gasteiger partial charge in [0.1, 0.15) is 0 Å². The van der Waals surface area contributed by atoms with Crippen LogP contribution in [0.4, 0.5) is 11.4 Å². The highest BCUT2D eigenvalue weighted by molar-refractivity contribution is 7.80. The lowest BCUT2D eigenvalue weighted by molar-refractivity contribution is 1.48. The lowest BCUT2D eigenvalue weighted by Gasteiger charge is -2.02. The molecular formula is C8H8BN2S. The van der Waals surface area contributed by atoms with E-state index in [1.807, 2.05) is 26.3 Å². The molecule has 1 heterocycles. The average molecular weight is 175 g/mol. The molecule has 0 saturated carbocycles. The quantitative estimate of drug-likeness (QED) is 0.344. The van der Waals surface area contributed by atoms with E-state index in [1.165, 1.54) is 0 Å². The summed E-state index contributed by atoms with van der Waals surface area (Å²) in [5.41, 5.74) is 9.37. The molecule has 2 N–H and O–H groups in total. The summed E-state index contributed by atoms with van der Waals surface area (Å²) < 4.78 is 0. The molecule has 59 valence electrons. The Morgan fingerprint density at radius 3 is 3.00 bits per heavy atom. The zero-order valence-corrected chi connectivity index (χ0v) is 7.60. The summed E-state index contributed by atoms with van der Waals surface area (Å²) in [7, 11) is 2.01. The van der Waals surface area contributed by atoms with E-state index in [2.05, 4.69) is 17.6 Å². The van der Waals surface area contributed by atoms with E-state index in [-0.39, 0.29) is 0 Å². The van der Waals surface area contributed by atoms with Crippen LogP contribution >= 0.6 is 12.6 Å². The maximum absolute atomic E-state index is 5.65. The Morgan fingerprint density at radius 2 is 2.25 bits per heavy atom. The second kappa shape index (κ2) is 2.56. The van der Waals surface area contributed by atoms with Crippen molar-refractivity contribution >= 4 is 42.4 Å². The molecule has 1 aromatic rings. The van der Waals surface area contributed by atoms with Crippen molar-refractivity contribution in [3.8, 4) is 0 Å². The Labute approximate surface area is 77.5 Å². The topological polar surface area (TPSA) is 38.4 Å². The maximum atomic E-state index is 5.65. The van der Waals surface area contributed by atoms with Crippen LogP contribution in [0.1, 0.15) is 6.92 Å². The van der Waals surface area contributed by atoms with Crippen molar-refractivity contribution in [2.75, 3.05) is 5.73 Å². The van der Waals surface area contributed by atoms with Crippen LogP contribution in [-0.4, -0.2) is 12.9 Å². The summed E-state index contributed by atoms with van der Waals surface area (Å²) >= 11 is 4.31. The Morgan fingerprint density at radius 1 is 1.50 bits per heavy atom. The molecule has 4 heteroatoms. The number of hydrogen-bond donors (Lipinski definition) is 2. The summed E-state index contributed by atoms with van der Waals surface area (Å²) in [4.78, 5) is 5.20. The van der Waals surface area contributed by atoms with Crippen LogP contribution in [0.5, 0.6) is 0 Å². The number of anilines is 1. The average Bonchev–Trinajstić information content (AvgIpc) is 2.29. The number of benzene rings is 1. The monoisotopic (exact) mass is 175 g/mol. The fourth-order valence-electron chi connectivity index (χ4n) is 1.32. The predicted molar refractivity (Wildman–Crippen MR) is 56.3 cm³/mol. The minimum Gasteiger partial charge on any atom is -0.399 e. The largest absolute Gasteiger partial charge is 0.399 e. The van der Waals surface area contributed by atoms with E-state index in [4.69, 9.17) is 5.73 Å². The van der Waals surface area contributed by atoms with Crippen LogP contribution in [0.3, 0.4) is 0 Å². The first kappa shape index (κ1) is 7.74. The van der Waals surface area contributed by atoms with E-state index < -0.39 is 0 Å². The zero-order valence-electron chi connectivity index (χ0n) is 6.70. The molecule has 0 saturated heterocycles. The third kappa shape index (κ3) is 1.12. The first-order valence-electron chi connectivity index (χ1n) is 3.69. The van der Waals surface area contributed by atoms with Crippen LogP contribution in [0, 0.1) is 0 Å². The standard InChI is InChI=1S/C8H8BN2S/c1-4-9-8-6(11-4)2-5(10)3-7(8)12/h2-3,12H,10H2,1H3. The molecule has 12 heavy (non-hydrogen) atoms. The van der Waals surface area contributed by atoms with Crippen LogP contribution < -0.4 is 11.2 Å². The molecular weight excluding hydrogens is 167 g/mol. The highest BCUT2D eigenvalue weighted by Crippen LogP contribution is 2.22. The van der Waals surface area contributed by atoms with E-state index in [9.17, 15) is 0 Å². The zero-order chi connectivity index (χ0) is 8.72. The molecule has 1 aliphatic rings.